The lowest BCUT2D eigenvalue weighted by atomic mass is 10.3. The molecule has 0 amide bonds. The number of nitrogens with two attached hydrogens (primary N) is 1. The molecule has 0 radical (unpaired) electrons. The van der Waals surface area contributed by atoms with Gasteiger partial charge < -0.3 is 5.73 Å². The molecule has 0 aliphatic heterocycles. The van der Waals surface area contributed by atoms with Gasteiger partial charge in [0.2, 0.25) is 5.95 Å². The van der Waals surface area contributed by atoms with Crippen LogP contribution in [-0.4, -0.2) is 18.4 Å². The normalized spacial score (nSPS) is 12.1. The van der Waals surface area contributed by atoms with Gasteiger partial charge in [0, 0.05) is 11.9 Å². The number of benzene rings is 1. The zero-order valence-electron chi connectivity index (χ0n) is 10.3. The van der Waals surface area contributed by atoms with E-state index in [2.05, 4.69) is 9.97 Å². The molecule has 2 aromatic rings. The summed E-state index contributed by atoms with van der Waals surface area (Å²) in [6.07, 6.45) is -3.87. The second-order valence-corrected chi connectivity index (χ2v) is 5.62. The zero-order valence-corrected chi connectivity index (χ0v) is 11.1. The van der Waals surface area contributed by atoms with Gasteiger partial charge in [0.25, 0.3) is 10.0 Å². The van der Waals surface area contributed by atoms with E-state index in [0.29, 0.717) is 11.8 Å². The Balaban J connectivity index is 2.31. The fourth-order valence-corrected chi connectivity index (χ4v) is 2.34. The summed E-state index contributed by atoms with van der Waals surface area (Å²) in [5.74, 6) is -0.665. The Morgan fingerprint density at radius 3 is 2.29 bits per heavy atom. The molecule has 1 aromatic heterocycles. The fraction of sp³-hybridized carbons (Fsp3) is 0.0909. The third kappa shape index (κ3) is 3.60. The van der Waals surface area contributed by atoms with Gasteiger partial charge in [-0.25, -0.2) is 23.1 Å². The van der Waals surface area contributed by atoms with E-state index >= 15 is 0 Å². The number of halogens is 3. The van der Waals surface area contributed by atoms with Crippen LogP contribution in [0.3, 0.4) is 0 Å². The first-order chi connectivity index (χ1) is 9.68. The Morgan fingerprint density at radius 2 is 1.71 bits per heavy atom. The van der Waals surface area contributed by atoms with E-state index in [0.717, 1.165) is 6.20 Å². The number of nitrogens with one attached hydrogen (secondary N) is 1. The Labute approximate surface area is 117 Å². The molecule has 1 heterocycles. The van der Waals surface area contributed by atoms with Crippen LogP contribution >= 0.6 is 0 Å². The van der Waals surface area contributed by atoms with Gasteiger partial charge in [-0.15, -0.1) is 0 Å². The van der Waals surface area contributed by atoms with Gasteiger partial charge >= 0.3 is 6.18 Å². The van der Waals surface area contributed by atoms with E-state index in [1.54, 1.807) is 0 Å². The second kappa shape index (κ2) is 5.20. The van der Waals surface area contributed by atoms with Crippen LogP contribution in [0, 0.1) is 0 Å². The molecule has 10 heteroatoms. The SMILES string of the molecule is Nc1ccc(S(=O)(=O)Nc2nccc(C(F)(F)F)n2)cc1. The van der Waals surface area contributed by atoms with Crippen molar-refractivity contribution in [1.82, 2.24) is 9.97 Å². The molecule has 0 unspecified atom stereocenters. The number of alkyl halides is 3. The molecule has 0 bridgehead atoms. The Morgan fingerprint density at radius 1 is 1.10 bits per heavy atom. The monoisotopic (exact) mass is 318 g/mol. The van der Waals surface area contributed by atoms with Gasteiger partial charge in [-0.2, -0.15) is 13.2 Å². The first-order valence-electron chi connectivity index (χ1n) is 5.47. The van der Waals surface area contributed by atoms with Gasteiger partial charge in [-0.3, -0.25) is 0 Å². The molecule has 0 fully saturated rings. The maximum absolute atomic E-state index is 12.5. The van der Waals surface area contributed by atoms with Crippen LogP contribution in [0.2, 0.25) is 0 Å². The summed E-state index contributed by atoms with van der Waals surface area (Å²) in [6.45, 7) is 0. The molecule has 3 N–H and O–H groups in total. The van der Waals surface area contributed by atoms with Crippen LogP contribution < -0.4 is 10.5 Å². The van der Waals surface area contributed by atoms with Crippen molar-refractivity contribution >= 4 is 21.7 Å². The molecule has 0 aliphatic rings. The van der Waals surface area contributed by atoms with Crippen molar-refractivity contribution in [3.63, 3.8) is 0 Å². The highest BCUT2D eigenvalue weighted by Crippen LogP contribution is 2.27. The van der Waals surface area contributed by atoms with Gasteiger partial charge in [0.15, 0.2) is 0 Å². The lowest BCUT2D eigenvalue weighted by Crippen LogP contribution is -2.17. The molecule has 0 spiro atoms. The smallest absolute Gasteiger partial charge is 0.399 e. The fourth-order valence-electron chi connectivity index (χ4n) is 1.39. The molecule has 0 aliphatic carbocycles. The average Bonchev–Trinajstić information content (AvgIpc) is 2.38. The number of hydrogen-bond donors (Lipinski definition) is 2. The molecule has 0 saturated carbocycles. The summed E-state index contributed by atoms with van der Waals surface area (Å²) in [7, 11) is -4.09. The summed E-state index contributed by atoms with van der Waals surface area (Å²) >= 11 is 0. The highest BCUT2D eigenvalue weighted by Gasteiger charge is 2.33. The predicted octanol–water partition coefficient (Wildman–Crippen LogP) is 1.88. The van der Waals surface area contributed by atoms with E-state index in [4.69, 9.17) is 5.73 Å². The van der Waals surface area contributed by atoms with Crippen molar-refractivity contribution < 1.29 is 21.6 Å². The van der Waals surface area contributed by atoms with Crippen LogP contribution in [0.15, 0.2) is 41.4 Å². The molecule has 21 heavy (non-hydrogen) atoms. The largest absolute Gasteiger partial charge is 0.433 e. The van der Waals surface area contributed by atoms with Crippen LogP contribution in [0.1, 0.15) is 5.69 Å². The minimum Gasteiger partial charge on any atom is -0.399 e. The maximum atomic E-state index is 12.5. The highest BCUT2D eigenvalue weighted by molar-refractivity contribution is 7.92. The third-order valence-corrected chi connectivity index (χ3v) is 3.71. The molecule has 1 aromatic carbocycles. The summed E-state index contributed by atoms with van der Waals surface area (Å²) in [4.78, 5) is 6.41. The van der Waals surface area contributed by atoms with Crippen molar-refractivity contribution in [2.45, 2.75) is 11.1 Å². The van der Waals surface area contributed by atoms with Crippen LogP contribution in [0.5, 0.6) is 0 Å². The summed E-state index contributed by atoms with van der Waals surface area (Å²) in [5.41, 5.74) is 4.53. The third-order valence-electron chi connectivity index (χ3n) is 2.36. The van der Waals surface area contributed by atoms with Gasteiger partial charge in [-0.05, 0) is 30.3 Å². The number of rotatable bonds is 3. The maximum Gasteiger partial charge on any atom is 0.433 e. The molecule has 0 saturated heterocycles. The molecule has 0 atom stereocenters. The van der Waals surface area contributed by atoms with E-state index in [-0.39, 0.29) is 4.90 Å². The Hall–Kier alpha value is -2.36. The number of hydrogen-bond acceptors (Lipinski definition) is 5. The van der Waals surface area contributed by atoms with Crippen molar-refractivity contribution in [1.29, 1.82) is 0 Å². The Kier molecular flexibility index (Phi) is 3.73. The summed E-state index contributed by atoms with van der Waals surface area (Å²) in [6, 6.07) is 5.76. The van der Waals surface area contributed by atoms with E-state index < -0.39 is 27.8 Å². The van der Waals surface area contributed by atoms with Gasteiger partial charge in [0.05, 0.1) is 4.90 Å². The second-order valence-electron chi connectivity index (χ2n) is 3.94. The van der Waals surface area contributed by atoms with Crippen molar-refractivity contribution in [3.8, 4) is 0 Å². The molecule has 112 valence electrons. The number of nitrogens with zero attached hydrogens (tertiary/aromatic N) is 2. The number of nitrogen functional groups attached to an aromatic ring is 1. The topological polar surface area (TPSA) is 98.0 Å². The van der Waals surface area contributed by atoms with Crippen molar-refractivity contribution in [2.24, 2.45) is 0 Å². The van der Waals surface area contributed by atoms with Crippen molar-refractivity contribution in [2.75, 3.05) is 10.5 Å². The summed E-state index contributed by atoms with van der Waals surface area (Å²) in [5, 5.41) is 0. The number of sulfonamides is 1. The van der Waals surface area contributed by atoms with E-state index in [9.17, 15) is 21.6 Å². The quantitative estimate of drug-likeness (QED) is 0.842. The minimum atomic E-state index is -4.69. The van der Waals surface area contributed by atoms with Crippen LogP contribution in [0.4, 0.5) is 24.8 Å². The molecular formula is C11H9F3N4O2S. The number of anilines is 2. The first-order valence-corrected chi connectivity index (χ1v) is 6.95. The van der Waals surface area contributed by atoms with E-state index in [1.165, 1.54) is 24.3 Å². The van der Waals surface area contributed by atoms with E-state index in [1.807, 2.05) is 4.72 Å². The minimum absolute atomic E-state index is 0.169. The van der Waals surface area contributed by atoms with Crippen LogP contribution in [-0.2, 0) is 16.2 Å². The Bertz CT molecular complexity index is 745. The highest BCUT2D eigenvalue weighted by atomic mass is 32.2. The standard InChI is InChI=1S/C11H9F3N4O2S/c12-11(13,14)9-5-6-16-10(17-9)18-21(19,20)8-3-1-7(15)2-4-8/h1-6H,15H2,(H,16,17,18). The number of aromatic nitrogens is 2. The van der Waals surface area contributed by atoms with Gasteiger partial charge in [-0.1, -0.05) is 0 Å². The molecule has 6 nitrogen and oxygen atoms in total. The lowest BCUT2D eigenvalue weighted by Gasteiger charge is -2.09. The summed E-state index contributed by atoms with van der Waals surface area (Å²) < 4.78 is 63.3. The van der Waals surface area contributed by atoms with Crippen molar-refractivity contribution in [3.05, 3.63) is 42.2 Å². The first kappa shape index (κ1) is 15.0. The zero-order chi connectivity index (χ0) is 15.7. The van der Waals surface area contributed by atoms with Gasteiger partial charge in [0.1, 0.15) is 5.69 Å². The molecule has 2 rings (SSSR count). The average molecular weight is 318 g/mol. The van der Waals surface area contributed by atoms with Crippen LogP contribution in [0.25, 0.3) is 0 Å². The molecular weight excluding hydrogens is 309 g/mol. The lowest BCUT2D eigenvalue weighted by molar-refractivity contribution is -0.141. The predicted molar refractivity (Wildman–Crippen MR) is 68.7 cm³/mol.